The number of hydrogen-bond donors (Lipinski definition) is 3. The number of ether oxygens (including phenoxy) is 2. The molecule has 0 aliphatic heterocycles. The molecule has 0 radical (unpaired) electrons. The fourth-order valence-electron chi connectivity index (χ4n) is 4.30. The summed E-state index contributed by atoms with van der Waals surface area (Å²) in [6.45, 7) is 2.42. The first kappa shape index (κ1) is 20.7. The molecule has 0 bridgehead atoms. The van der Waals surface area contributed by atoms with E-state index in [-0.39, 0.29) is 23.7 Å². The standard InChI is InChI=1S/C21H28N8O3/c1-21(6-7-21)25-20(30)32-13-5-4-12(8-13)14-9-16(27-26-14)24-19-18-17(22-11-23-19)15(10-31-3)28-29(18)2/h9,11-13H,4-8,10H2,1-3H3,(H,25,30)(H2,22,23,24,26,27)/t12-,13+/m0/s1. The van der Waals surface area contributed by atoms with Gasteiger partial charge in [-0.25, -0.2) is 14.8 Å². The highest BCUT2D eigenvalue weighted by molar-refractivity contribution is 5.88. The van der Waals surface area contributed by atoms with Crippen molar-refractivity contribution in [1.29, 1.82) is 0 Å². The lowest BCUT2D eigenvalue weighted by Crippen LogP contribution is -2.36. The van der Waals surface area contributed by atoms with Crippen molar-refractivity contribution < 1.29 is 14.3 Å². The highest BCUT2D eigenvalue weighted by Gasteiger charge is 2.40. The number of anilines is 2. The molecule has 2 aliphatic rings. The van der Waals surface area contributed by atoms with E-state index in [4.69, 9.17) is 9.47 Å². The van der Waals surface area contributed by atoms with Gasteiger partial charge in [0.1, 0.15) is 29.2 Å². The van der Waals surface area contributed by atoms with Gasteiger partial charge in [-0.2, -0.15) is 10.2 Å². The molecular formula is C21H28N8O3. The van der Waals surface area contributed by atoms with Crippen LogP contribution in [0.3, 0.4) is 0 Å². The first-order chi connectivity index (χ1) is 15.4. The molecule has 3 aromatic rings. The molecular weight excluding hydrogens is 412 g/mol. The number of methoxy groups -OCH3 is 1. The number of nitrogens with zero attached hydrogens (tertiary/aromatic N) is 5. The van der Waals surface area contributed by atoms with Gasteiger partial charge in [0.05, 0.1) is 6.61 Å². The van der Waals surface area contributed by atoms with Crippen LogP contribution in [0.5, 0.6) is 0 Å². The maximum atomic E-state index is 12.1. The fourth-order valence-corrected chi connectivity index (χ4v) is 4.30. The quantitative estimate of drug-likeness (QED) is 0.511. The number of carbonyl (C=O) groups excluding carboxylic acids is 1. The van der Waals surface area contributed by atoms with E-state index in [0.717, 1.165) is 54.5 Å². The van der Waals surface area contributed by atoms with Gasteiger partial charge in [-0.05, 0) is 39.0 Å². The van der Waals surface area contributed by atoms with Crippen molar-refractivity contribution in [2.24, 2.45) is 7.05 Å². The van der Waals surface area contributed by atoms with Gasteiger partial charge in [0, 0.05) is 37.4 Å². The van der Waals surface area contributed by atoms with E-state index in [2.05, 4.69) is 35.9 Å². The molecule has 2 atom stereocenters. The molecule has 1 amide bonds. The van der Waals surface area contributed by atoms with Crippen molar-refractivity contribution in [3.05, 3.63) is 23.8 Å². The molecule has 11 nitrogen and oxygen atoms in total. The smallest absolute Gasteiger partial charge is 0.407 e. The second-order valence-electron chi connectivity index (χ2n) is 8.98. The third-order valence-corrected chi connectivity index (χ3v) is 6.32. The highest BCUT2D eigenvalue weighted by Crippen LogP contribution is 2.37. The normalized spacial score (nSPS) is 21.6. The van der Waals surface area contributed by atoms with E-state index in [1.54, 1.807) is 11.8 Å². The van der Waals surface area contributed by atoms with Crippen molar-refractivity contribution in [3.8, 4) is 0 Å². The predicted molar refractivity (Wildman–Crippen MR) is 117 cm³/mol. The zero-order valence-corrected chi connectivity index (χ0v) is 18.5. The third kappa shape index (κ3) is 4.12. The van der Waals surface area contributed by atoms with E-state index in [9.17, 15) is 4.79 Å². The van der Waals surface area contributed by atoms with E-state index in [0.29, 0.717) is 18.2 Å². The molecule has 0 spiro atoms. The molecule has 3 heterocycles. The lowest BCUT2D eigenvalue weighted by molar-refractivity contribution is 0.0967. The van der Waals surface area contributed by atoms with Gasteiger partial charge in [-0.15, -0.1) is 0 Å². The number of rotatable bonds is 7. The van der Waals surface area contributed by atoms with Gasteiger partial charge in [-0.1, -0.05) is 0 Å². The Morgan fingerprint density at radius 2 is 2.19 bits per heavy atom. The van der Waals surface area contributed by atoms with Gasteiger partial charge < -0.3 is 20.1 Å². The predicted octanol–water partition coefficient (Wildman–Crippen LogP) is 2.89. The van der Waals surface area contributed by atoms with Crippen molar-refractivity contribution >= 4 is 28.8 Å². The molecule has 11 heteroatoms. The van der Waals surface area contributed by atoms with Crippen molar-refractivity contribution in [2.45, 2.75) is 63.2 Å². The van der Waals surface area contributed by atoms with Gasteiger partial charge in [0.25, 0.3) is 0 Å². The number of hydrogen-bond acceptors (Lipinski definition) is 8. The molecule has 0 aromatic carbocycles. The Kier molecular flexibility index (Phi) is 5.20. The molecule has 0 saturated heterocycles. The Morgan fingerprint density at radius 1 is 1.34 bits per heavy atom. The van der Waals surface area contributed by atoms with Crippen molar-refractivity contribution in [3.63, 3.8) is 0 Å². The molecule has 3 N–H and O–H groups in total. The summed E-state index contributed by atoms with van der Waals surface area (Å²) >= 11 is 0. The van der Waals surface area contributed by atoms with Gasteiger partial charge in [0.2, 0.25) is 0 Å². The minimum Gasteiger partial charge on any atom is -0.446 e. The topological polar surface area (TPSA) is 132 Å². The summed E-state index contributed by atoms with van der Waals surface area (Å²) in [5, 5.41) is 18.2. The van der Waals surface area contributed by atoms with Crippen LogP contribution in [0.1, 0.15) is 56.3 Å². The number of H-pyrrole nitrogens is 1. The number of amides is 1. The highest BCUT2D eigenvalue weighted by atomic mass is 16.6. The number of aromatic nitrogens is 6. The largest absolute Gasteiger partial charge is 0.446 e. The third-order valence-electron chi connectivity index (χ3n) is 6.32. The minimum atomic E-state index is -0.306. The SMILES string of the molecule is COCc1nn(C)c2c(Nc3cc([C@H]4CC[C@@H](OC(=O)NC5(C)CC5)C4)[nH]n3)ncnc12. The van der Waals surface area contributed by atoms with Crippen LogP contribution in [0, 0.1) is 0 Å². The number of aryl methyl sites for hydroxylation is 1. The molecule has 2 saturated carbocycles. The number of fused-ring (bicyclic) bond motifs is 1. The summed E-state index contributed by atoms with van der Waals surface area (Å²) in [4.78, 5) is 20.8. The summed E-state index contributed by atoms with van der Waals surface area (Å²) in [7, 11) is 3.48. The van der Waals surface area contributed by atoms with Gasteiger partial charge >= 0.3 is 6.09 Å². The molecule has 32 heavy (non-hydrogen) atoms. The number of carbonyl (C=O) groups is 1. The van der Waals surface area contributed by atoms with Crippen LogP contribution < -0.4 is 10.6 Å². The van der Waals surface area contributed by atoms with Crippen LogP contribution in [-0.2, 0) is 23.1 Å². The molecule has 170 valence electrons. The van der Waals surface area contributed by atoms with Crippen molar-refractivity contribution in [1.82, 2.24) is 35.3 Å². The van der Waals surface area contributed by atoms with Gasteiger partial charge in [0.15, 0.2) is 11.6 Å². The number of aromatic amines is 1. The molecule has 5 rings (SSSR count). The first-order valence-corrected chi connectivity index (χ1v) is 10.9. The summed E-state index contributed by atoms with van der Waals surface area (Å²) in [5.74, 6) is 1.56. The lowest BCUT2D eigenvalue weighted by Gasteiger charge is -2.16. The first-order valence-electron chi connectivity index (χ1n) is 10.9. The van der Waals surface area contributed by atoms with Crippen LogP contribution in [0.2, 0.25) is 0 Å². The van der Waals surface area contributed by atoms with Crippen LogP contribution >= 0.6 is 0 Å². The van der Waals surface area contributed by atoms with E-state index < -0.39 is 0 Å². The molecule has 2 fully saturated rings. The lowest BCUT2D eigenvalue weighted by atomic mass is 10.0. The average molecular weight is 441 g/mol. The maximum Gasteiger partial charge on any atom is 0.407 e. The minimum absolute atomic E-state index is 0.0658. The number of alkyl carbamates (subject to hydrolysis) is 1. The summed E-state index contributed by atoms with van der Waals surface area (Å²) in [6.07, 6.45) is 5.74. The Labute approximate surface area is 185 Å². The second kappa shape index (κ2) is 8.05. The fraction of sp³-hybridized carbons (Fsp3) is 0.571. The van der Waals surface area contributed by atoms with Crippen LogP contribution in [0.15, 0.2) is 12.4 Å². The zero-order valence-electron chi connectivity index (χ0n) is 18.5. The van der Waals surface area contributed by atoms with Gasteiger partial charge in [-0.3, -0.25) is 9.78 Å². The molecule has 3 aromatic heterocycles. The Hall–Kier alpha value is -3.21. The van der Waals surface area contributed by atoms with E-state index >= 15 is 0 Å². The van der Waals surface area contributed by atoms with Crippen LogP contribution in [0.25, 0.3) is 11.0 Å². The second-order valence-corrected chi connectivity index (χ2v) is 8.98. The van der Waals surface area contributed by atoms with E-state index in [1.165, 1.54) is 6.33 Å². The molecule has 0 unspecified atom stereocenters. The maximum absolute atomic E-state index is 12.1. The van der Waals surface area contributed by atoms with Crippen LogP contribution in [0.4, 0.5) is 16.4 Å². The van der Waals surface area contributed by atoms with E-state index in [1.807, 2.05) is 20.0 Å². The zero-order chi connectivity index (χ0) is 22.3. The van der Waals surface area contributed by atoms with Crippen molar-refractivity contribution in [2.75, 3.05) is 12.4 Å². The Balaban J connectivity index is 1.24. The average Bonchev–Trinajstić information content (AvgIpc) is 3.13. The number of nitrogens with one attached hydrogen (secondary N) is 3. The summed E-state index contributed by atoms with van der Waals surface area (Å²) in [5.41, 5.74) is 3.24. The summed E-state index contributed by atoms with van der Waals surface area (Å²) < 4.78 is 12.6. The summed E-state index contributed by atoms with van der Waals surface area (Å²) in [6, 6.07) is 1.98. The Bertz CT molecular complexity index is 1140. The van der Waals surface area contributed by atoms with Crippen LogP contribution in [-0.4, -0.2) is 54.8 Å². The Morgan fingerprint density at radius 3 is 2.97 bits per heavy atom. The monoisotopic (exact) mass is 440 g/mol. The molecule has 2 aliphatic carbocycles.